The molecule has 0 aliphatic heterocycles. The standard InChI is InChI=1S/C15H12FNOS/c16-11-5-3-4-10(8-11)13(18)9-15-17-12-6-1-2-7-14(12)19-15/h1-8,13,18H,9H2. The number of benzene rings is 2. The highest BCUT2D eigenvalue weighted by Gasteiger charge is 2.12. The van der Waals surface area contributed by atoms with Gasteiger partial charge >= 0.3 is 0 Å². The Kier molecular flexibility index (Phi) is 3.27. The zero-order valence-corrected chi connectivity index (χ0v) is 10.9. The lowest BCUT2D eigenvalue weighted by Gasteiger charge is -2.08. The lowest BCUT2D eigenvalue weighted by Crippen LogP contribution is -2.01. The van der Waals surface area contributed by atoms with E-state index in [1.165, 1.54) is 12.1 Å². The van der Waals surface area contributed by atoms with E-state index in [-0.39, 0.29) is 5.82 Å². The average molecular weight is 273 g/mol. The van der Waals surface area contributed by atoms with Crippen LogP contribution in [-0.4, -0.2) is 10.1 Å². The zero-order valence-electron chi connectivity index (χ0n) is 10.1. The Morgan fingerprint density at radius 1 is 1.16 bits per heavy atom. The molecular formula is C15H12FNOS. The molecule has 2 nitrogen and oxygen atoms in total. The van der Waals surface area contributed by atoms with Crippen molar-refractivity contribution in [3.05, 3.63) is 64.9 Å². The number of fused-ring (bicyclic) bond motifs is 1. The molecule has 1 N–H and O–H groups in total. The van der Waals surface area contributed by atoms with Crippen molar-refractivity contribution >= 4 is 21.6 Å². The molecule has 0 radical (unpaired) electrons. The van der Waals surface area contributed by atoms with Crippen molar-refractivity contribution in [3.63, 3.8) is 0 Å². The van der Waals surface area contributed by atoms with Crippen molar-refractivity contribution < 1.29 is 9.50 Å². The fourth-order valence-electron chi connectivity index (χ4n) is 2.00. The van der Waals surface area contributed by atoms with Gasteiger partial charge in [-0.1, -0.05) is 24.3 Å². The SMILES string of the molecule is OC(Cc1nc2ccccc2s1)c1cccc(F)c1. The predicted molar refractivity (Wildman–Crippen MR) is 74.7 cm³/mol. The number of thiazole rings is 1. The van der Waals surface area contributed by atoms with Crippen LogP contribution in [0.3, 0.4) is 0 Å². The third-order valence-electron chi connectivity index (χ3n) is 2.94. The first-order valence-electron chi connectivity index (χ1n) is 6.00. The van der Waals surface area contributed by atoms with E-state index in [1.807, 2.05) is 24.3 Å². The quantitative estimate of drug-likeness (QED) is 0.789. The summed E-state index contributed by atoms with van der Waals surface area (Å²) in [6.45, 7) is 0. The van der Waals surface area contributed by atoms with Gasteiger partial charge < -0.3 is 5.11 Å². The summed E-state index contributed by atoms with van der Waals surface area (Å²) >= 11 is 1.56. The van der Waals surface area contributed by atoms with E-state index in [4.69, 9.17) is 0 Å². The molecule has 0 bridgehead atoms. The van der Waals surface area contributed by atoms with Gasteiger partial charge in [-0.3, -0.25) is 0 Å². The molecule has 4 heteroatoms. The molecule has 0 aliphatic carbocycles. The van der Waals surface area contributed by atoms with Gasteiger partial charge in [0.25, 0.3) is 0 Å². The minimum Gasteiger partial charge on any atom is -0.388 e. The maximum atomic E-state index is 13.1. The van der Waals surface area contributed by atoms with Gasteiger partial charge in [0, 0.05) is 6.42 Å². The summed E-state index contributed by atoms with van der Waals surface area (Å²) in [6.07, 6.45) is -0.320. The molecule has 0 amide bonds. The van der Waals surface area contributed by atoms with E-state index >= 15 is 0 Å². The highest BCUT2D eigenvalue weighted by atomic mass is 32.1. The van der Waals surface area contributed by atoms with Crippen molar-refractivity contribution in [1.29, 1.82) is 0 Å². The Morgan fingerprint density at radius 3 is 2.79 bits per heavy atom. The van der Waals surface area contributed by atoms with Crippen LogP contribution >= 0.6 is 11.3 Å². The Labute approximate surface area is 114 Å². The number of rotatable bonds is 3. The number of halogens is 1. The zero-order chi connectivity index (χ0) is 13.2. The second kappa shape index (κ2) is 5.07. The van der Waals surface area contributed by atoms with Crippen LogP contribution in [0.4, 0.5) is 4.39 Å². The molecule has 0 saturated heterocycles. The molecule has 3 aromatic rings. The van der Waals surface area contributed by atoms with Crippen LogP contribution in [0.2, 0.25) is 0 Å². The number of aliphatic hydroxyl groups excluding tert-OH is 1. The summed E-state index contributed by atoms with van der Waals surface area (Å²) in [5.41, 5.74) is 1.52. The third kappa shape index (κ3) is 2.64. The number of aliphatic hydroxyl groups is 1. The topological polar surface area (TPSA) is 33.1 Å². The van der Waals surface area contributed by atoms with Crippen LogP contribution in [0.25, 0.3) is 10.2 Å². The number of para-hydroxylation sites is 1. The van der Waals surface area contributed by atoms with E-state index in [0.717, 1.165) is 15.2 Å². The van der Waals surface area contributed by atoms with Gasteiger partial charge in [-0.25, -0.2) is 9.37 Å². The van der Waals surface area contributed by atoms with Crippen molar-refractivity contribution in [2.45, 2.75) is 12.5 Å². The Morgan fingerprint density at radius 2 is 2.00 bits per heavy atom. The van der Waals surface area contributed by atoms with Gasteiger partial charge in [-0.2, -0.15) is 0 Å². The fraction of sp³-hybridized carbons (Fsp3) is 0.133. The molecule has 1 atom stereocenters. The van der Waals surface area contributed by atoms with Crippen LogP contribution in [0, 0.1) is 5.82 Å². The van der Waals surface area contributed by atoms with E-state index < -0.39 is 6.10 Å². The number of nitrogens with zero attached hydrogens (tertiary/aromatic N) is 1. The highest BCUT2D eigenvalue weighted by molar-refractivity contribution is 7.18. The third-order valence-corrected chi connectivity index (χ3v) is 4.00. The molecular weight excluding hydrogens is 261 g/mol. The van der Waals surface area contributed by atoms with Crippen LogP contribution < -0.4 is 0 Å². The smallest absolute Gasteiger partial charge is 0.123 e. The molecule has 0 saturated carbocycles. The number of hydrogen-bond donors (Lipinski definition) is 1. The molecule has 0 fully saturated rings. The molecule has 1 heterocycles. The summed E-state index contributed by atoms with van der Waals surface area (Å²) < 4.78 is 14.2. The van der Waals surface area contributed by atoms with E-state index in [9.17, 15) is 9.50 Å². The van der Waals surface area contributed by atoms with Crippen molar-refractivity contribution in [1.82, 2.24) is 4.98 Å². The maximum absolute atomic E-state index is 13.1. The van der Waals surface area contributed by atoms with Crippen LogP contribution in [0.1, 0.15) is 16.7 Å². The summed E-state index contributed by atoms with van der Waals surface area (Å²) in [5.74, 6) is -0.333. The van der Waals surface area contributed by atoms with Gasteiger partial charge in [0.1, 0.15) is 5.82 Å². The Bertz CT molecular complexity index is 677. The van der Waals surface area contributed by atoms with Gasteiger partial charge in [-0.15, -0.1) is 11.3 Å². The summed E-state index contributed by atoms with van der Waals surface area (Å²) in [5, 5.41) is 11.0. The summed E-state index contributed by atoms with van der Waals surface area (Å²) in [7, 11) is 0. The Balaban J connectivity index is 1.84. The van der Waals surface area contributed by atoms with Crippen molar-refractivity contribution in [2.24, 2.45) is 0 Å². The molecule has 96 valence electrons. The average Bonchev–Trinajstić information content (AvgIpc) is 2.80. The first kappa shape index (κ1) is 12.3. The molecule has 19 heavy (non-hydrogen) atoms. The molecule has 2 aromatic carbocycles. The van der Waals surface area contributed by atoms with Crippen molar-refractivity contribution in [3.8, 4) is 0 Å². The van der Waals surface area contributed by atoms with Gasteiger partial charge in [-0.05, 0) is 29.8 Å². The van der Waals surface area contributed by atoms with Crippen LogP contribution in [0.15, 0.2) is 48.5 Å². The second-order valence-electron chi connectivity index (χ2n) is 4.35. The lowest BCUT2D eigenvalue weighted by atomic mass is 10.1. The fourth-order valence-corrected chi connectivity index (χ4v) is 3.01. The first-order valence-corrected chi connectivity index (χ1v) is 6.82. The summed E-state index contributed by atoms with van der Waals surface area (Å²) in [4.78, 5) is 4.47. The molecule has 3 rings (SSSR count). The number of hydrogen-bond acceptors (Lipinski definition) is 3. The van der Waals surface area contributed by atoms with E-state index in [1.54, 1.807) is 23.5 Å². The normalized spacial score (nSPS) is 12.7. The second-order valence-corrected chi connectivity index (χ2v) is 5.47. The molecule has 0 aliphatic rings. The monoisotopic (exact) mass is 273 g/mol. The van der Waals surface area contributed by atoms with E-state index in [2.05, 4.69) is 4.98 Å². The van der Waals surface area contributed by atoms with Crippen molar-refractivity contribution in [2.75, 3.05) is 0 Å². The lowest BCUT2D eigenvalue weighted by molar-refractivity contribution is 0.178. The highest BCUT2D eigenvalue weighted by Crippen LogP contribution is 2.26. The Hall–Kier alpha value is -1.78. The minimum atomic E-state index is -0.726. The largest absolute Gasteiger partial charge is 0.388 e. The van der Waals surface area contributed by atoms with Crippen LogP contribution in [-0.2, 0) is 6.42 Å². The molecule has 1 unspecified atom stereocenters. The minimum absolute atomic E-state index is 0.333. The van der Waals surface area contributed by atoms with E-state index in [0.29, 0.717) is 12.0 Å². The van der Waals surface area contributed by atoms with Gasteiger partial charge in [0.05, 0.1) is 21.3 Å². The first-order chi connectivity index (χ1) is 9.22. The van der Waals surface area contributed by atoms with Gasteiger partial charge in [0.2, 0.25) is 0 Å². The van der Waals surface area contributed by atoms with Gasteiger partial charge in [0.15, 0.2) is 0 Å². The maximum Gasteiger partial charge on any atom is 0.123 e. The van der Waals surface area contributed by atoms with Crippen LogP contribution in [0.5, 0.6) is 0 Å². The molecule has 0 spiro atoms. The predicted octanol–water partition coefficient (Wildman–Crippen LogP) is 3.71. The summed E-state index contributed by atoms with van der Waals surface area (Å²) in [6, 6.07) is 13.9. The number of aromatic nitrogens is 1. The molecule has 1 aromatic heterocycles.